The molecule has 0 bridgehead atoms. The average Bonchev–Trinajstić information content (AvgIpc) is 2.72. The molecule has 5 nitrogen and oxygen atoms in total. The zero-order chi connectivity index (χ0) is 21.7. The molecule has 0 radical (unpaired) electrons. The zero-order valence-electron chi connectivity index (χ0n) is 18.0. The number of nitrogens with zero attached hydrogens (tertiary/aromatic N) is 1. The van der Waals surface area contributed by atoms with Crippen LogP contribution in [0.25, 0.3) is 22.3 Å². The van der Waals surface area contributed by atoms with Crippen molar-refractivity contribution in [2.24, 2.45) is 10.9 Å². The second-order valence-electron chi connectivity index (χ2n) is 7.86. The van der Waals surface area contributed by atoms with Gasteiger partial charge in [-0.25, -0.2) is 0 Å². The number of hydrogen-bond acceptors (Lipinski definition) is 5. The van der Waals surface area contributed by atoms with Crippen LogP contribution >= 0.6 is 0 Å². The number of carbonyl (C=O) groups excluding carboxylic acids is 1. The first-order valence-corrected chi connectivity index (χ1v) is 10.4. The van der Waals surface area contributed by atoms with Gasteiger partial charge in [0.25, 0.3) is 0 Å². The number of hydrogen-bond donors (Lipinski definition) is 0. The molecular weight excluding hydrogens is 378 g/mol. The molecule has 0 saturated heterocycles. The molecule has 0 saturated carbocycles. The molecule has 0 aliphatic rings. The first-order chi connectivity index (χ1) is 14.4. The summed E-state index contributed by atoms with van der Waals surface area (Å²) < 4.78 is 11.8. The van der Waals surface area contributed by atoms with Gasteiger partial charge in [0, 0.05) is 17.0 Å². The van der Waals surface area contributed by atoms with Gasteiger partial charge >= 0.3 is 0 Å². The molecule has 3 rings (SSSR count). The Hall–Kier alpha value is -3.08. The van der Waals surface area contributed by atoms with Crippen molar-refractivity contribution < 1.29 is 19.1 Å². The van der Waals surface area contributed by atoms with Crippen molar-refractivity contribution >= 4 is 16.9 Å². The first-order valence-electron chi connectivity index (χ1n) is 10.4. The fourth-order valence-electron chi connectivity index (χ4n) is 3.21. The minimum Gasteiger partial charge on any atom is -0.548 e. The Balaban J connectivity index is 2.08. The quantitative estimate of drug-likeness (QED) is 0.524. The molecule has 1 atom stereocenters. The highest BCUT2D eigenvalue weighted by atomic mass is 16.5. The number of ether oxygens (including phenoxy) is 1. The van der Waals surface area contributed by atoms with Crippen LogP contribution in [-0.4, -0.2) is 18.6 Å². The Bertz CT molecular complexity index is 1080. The van der Waals surface area contributed by atoms with Crippen molar-refractivity contribution in [3.63, 3.8) is 0 Å². The largest absolute Gasteiger partial charge is 0.548 e. The molecule has 0 unspecified atom stereocenters. The Morgan fingerprint density at radius 3 is 2.50 bits per heavy atom. The summed E-state index contributed by atoms with van der Waals surface area (Å²) in [7, 11) is 0. The van der Waals surface area contributed by atoms with E-state index >= 15 is 0 Å². The predicted molar refractivity (Wildman–Crippen MR) is 116 cm³/mol. The van der Waals surface area contributed by atoms with Gasteiger partial charge in [-0.05, 0) is 55.7 Å². The topological polar surface area (TPSA) is 74.9 Å². The summed E-state index contributed by atoms with van der Waals surface area (Å²) >= 11 is 0. The molecule has 0 aliphatic heterocycles. The van der Waals surface area contributed by atoms with E-state index in [1.807, 2.05) is 63.2 Å². The fraction of sp³-hybridized carbons (Fsp3) is 0.360. The summed E-state index contributed by atoms with van der Waals surface area (Å²) in [5.41, 5.74) is 2.57. The number of carboxylic acid groups (broad SMARTS) is 1. The second kappa shape index (κ2) is 9.61. The van der Waals surface area contributed by atoms with Gasteiger partial charge in [0.05, 0.1) is 24.0 Å². The van der Waals surface area contributed by atoms with Crippen molar-refractivity contribution in [3.8, 4) is 17.1 Å². The summed E-state index contributed by atoms with van der Waals surface area (Å²) in [6.07, 6.45) is 2.10. The van der Waals surface area contributed by atoms with E-state index in [-0.39, 0.29) is 5.92 Å². The molecule has 3 aromatic rings. The van der Waals surface area contributed by atoms with Crippen molar-refractivity contribution in [1.82, 2.24) is 0 Å². The number of carboxylic acids is 1. The lowest BCUT2D eigenvalue weighted by Crippen LogP contribution is -2.39. The third kappa shape index (κ3) is 5.09. The third-order valence-corrected chi connectivity index (χ3v) is 4.96. The Morgan fingerprint density at radius 1 is 1.13 bits per heavy atom. The zero-order valence-corrected chi connectivity index (χ0v) is 18.0. The summed E-state index contributed by atoms with van der Waals surface area (Å²) in [5, 5.41) is 13.0. The Kier molecular flexibility index (Phi) is 6.93. The van der Waals surface area contributed by atoms with Gasteiger partial charge in [0.15, 0.2) is 0 Å². The molecule has 5 heteroatoms. The van der Waals surface area contributed by atoms with Gasteiger partial charge in [-0.1, -0.05) is 38.8 Å². The molecule has 0 amide bonds. The number of aryl methyl sites for hydroxylation is 1. The summed E-state index contributed by atoms with van der Waals surface area (Å²) in [5.74, 6) is 0.0631. The maximum atomic E-state index is 11.6. The van der Waals surface area contributed by atoms with E-state index in [0.29, 0.717) is 23.3 Å². The maximum absolute atomic E-state index is 11.6. The molecule has 0 fully saturated rings. The number of fused-ring (bicyclic) bond motifs is 1. The van der Waals surface area contributed by atoms with E-state index in [9.17, 15) is 9.90 Å². The normalized spacial score (nSPS) is 13.0. The lowest BCUT2D eigenvalue weighted by molar-refractivity contribution is -0.308. The van der Waals surface area contributed by atoms with Crippen LogP contribution < -0.4 is 15.2 Å². The van der Waals surface area contributed by atoms with E-state index in [1.54, 1.807) is 6.07 Å². The highest BCUT2D eigenvalue weighted by Gasteiger charge is 2.14. The molecule has 30 heavy (non-hydrogen) atoms. The van der Waals surface area contributed by atoms with Gasteiger partial charge < -0.3 is 19.1 Å². The van der Waals surface area contributed by atoms with Crippen LogP contribution in [0.4, 0.5) is 0 Å². The van der Waals surface area contributed by atoms with Crippen LogP contribution in [0, 0.1) is 12.8 Å². The van der Waals surface area contributed by atoms with E-state index in [4.69, 9.17) is 9.15 Å². The average molecular weight is 407 g/mol. The highest BCUT2D eigenvalue weighted by molar-refractivity contribution is 5.80. The molecule has 2 aromatic carbocycles. The van der Waals surface area contributed by atoms with Crippen LogP contribution in [0.3, 0.4) is 0 Å². The van der Waals surface area contributed by atoms with Crippen LogP contribution in [0.5, 0.6) is 5.75 Å². The van der Waals surface area contributed by atoms with Gasteiger partial charge in [0.1, 0.15) is 17.1 Å². The van der Waals surface area contributed by atoms with Crippen molar-refractivity contribution in [3.05, 3.63) is 59.5 Å². The van der Waals surface area contributed by atoms with Crippen molar-refractivity contribution in [2.75, 3.05) is 6.61 Å². The van der Waals surface area contributed by atoms with Crippen molar-refractivity contribution in [1.29, 1.82) is 0 Å². The van der Waals surface area contributed by atoms with Crippen LogP contribution in [0.1, 0.15) is 39.2 Å². The van der Waals surface area contributed by atoms with Crippen LogP contribution in [0.2, 0.25) is 0 Å². The third-order valence-electron chi connectivity index (χ3n) is 4.96. The molecule has 1 aromatic heterocycles. The van der Waals surface area contributed by atoms with E-state index in [0.717, 1.165) is 35.1 Å². The number of rotatable bonds is 8. The number of carbonyl (C=O) groups is 1. The van der Waals surface area contributed by atoms with Gasteiger partial charge in [-0.15, -0.1) is 0 Å². The monoisotopic (exact) mass is 406 g/mol. The Labute approximate surface area is 177 Å². The molecule has 0 aliphatic carbocycles. The molecule has 158 valence electrons. The predicted octanol–water partition coefficient (Wildman–Crippen LogP) is 4.26. The number of benzene rings is 2. The van der Waals surface area contributed by atoms with E-state index < -0.39 is 12.0 Å². The number of aliphatic carboxylic acids is 1. The number of unbranched alkanes of at least 4 members (excludes halogenated alkanes) is 1. The molecule has 1 heterocycles. The summed E-state index contributed by atoms with van der Waals surface area (Å²) in [6, 6.07) is 14.4. The minimum atomic E-state index is -1.18. The van der Waals surface area contributed by atoms with E-state index in [1.165, 1.54) is 0 Å². The van der Waals surface area contributed by atoms with Gasteiger partial charge in [-0.3, -0.25) is 4.99 Å². The SMILES string of the molecule is CCCCOc1ccc(-c2cc(=N[C@H](C(=O)[O-])C(C)C)c3cc(C)ccc3o2)cc1. The fourth-order valence-corrected chi connectivity index (χ4v) is 3.21. The van der Waals surface area contributed by atoms with Crippen molar-refractivity contribution in [2.45, 2.75) is 46.6 Å². The van der Waals surface area contributed by atoms with Crippen LogP contribution in [-0.2, 0) is 4.79 Å². The molecular formula is C25H28NO4-. The lowest BCUT2D eigenvalue weighted by Gasteiger charge is -2.17. The van der Waals surface area contributed by atoms with Gasteiger partial charge in [-0.2, -0.15) is 0 Å². The smallest absolute Gasteiger partial charge is 0.136 e. The standard InChI is InChI=1S/C25H29NO4/c1-5-6-13-29-19-10-8-18(9-11-19)23-15-21(26-24(16(2)3)25(27)28)20-14-17(4)7-12-22(20)30-23/h7-12,14-16,24H,5-6,13H2,1-4H3,(H,27,28)/p-1/t24-/m0/s1. The minimum absolute atomic E-state index is 0.185. The lowest BCUT2D eigenvalue weighted by atomic mass is 10.0. The molecule has 0 spiro atoms. The second-order valence-corrected chi connectivity index (χ2v) is 7.86. The Morgan fingerprint density at radius 2 is 1.87 bits per heavy atom. The van der Waals surface area contributed by atoms with E-state index in [2.05, 4.69) is 11.9 Å². The summed E-state index contributed by atoms with van der Waals surface area (Å²) in [6.45, 7) is 8.44. The van der Waals surface area contributed by atoms with Gasteiger partial charge in [0.2, 0.25) is 0 Å². The molecule has 0 N–H and O–H groups in total. The first kappa shape index (κ1) is 21.6. The highest BCUT2D eigenvalue weighted by Crippen LogP contribution is 2.25. The summed E-state index contributed by atoms with van der Waals surface area (Å²) in [4.78, 5) is 16.1. The maximum Gasteiger partial charge on any atom is 0.136 e. The van der Waals surface area contributed by atoms with Crippen LogP contribution in [0.15, 0.2) is 57.9 Å².